The van der Waals surface area contributed by atoms with Crippen LogP contribution in [0.2, 0.25) is 0 Å². The van der Waals surface area contributed by atoms with Crippen molar-refractivity contribution in [3.8, 4) is 0 Å². The molecule has 0 saturated heterocycles. The molecule has 1 heterocycles. The molecule has 0 aliphatic heterocycles. The third kappa shape index (κ3) is 2.08. The monoisotopic (exact) mass is 117 g/mol. The van der Waals surface area contributed by atoms with Gasteiger partial charge in [-0.1, -0.05) is 12.7 Å². The Morgan fingerprint density at radius 3 is 2.22 bits per heavy atom. The smallest absolute Gasteiger partial charge is 0.0273 e. The van der Waals surface area contributed by atoms with Gasteiger partial charge in [0, 0.05) is 19.8 Å². The Labute approximate surface area is 56.1 Å². The first-order chi connectivity index (χ1) is 3.93. The standard InChI is InChI=1S/C7H7N.C/c1-2-7-3-5-8-6-4-7;/h2-6H,1H2;. The highest BCUT2D eigenvalue weighted by atomic mass is 14.6. The van der Waals surface area contributed by atoms with E-state index in [4.69, 9.17) is 0 Å². The largest absolute Gasteiger partial charge is 0.265 e. The molecular weight excluding hydrogens is 110 g/mol. The predicted molar refractivity (Wildman–Crippen MR) is 37.6 cm³/mol. The van der Waals surface area contributed by atoms with E-state index in [1.165, 1.54) is 0 Å². The van der Waals surface area contributed by atoms with Crippen LogP contribution in [-0.4, -0.2) is 4.98 Å². The van der Waals surface area contributed by atoms with Crippen LogP contribution in [0.1, 0.15) is 5.56 Å². The normalized spacial score (nSPS) is 7.56. The van der Waals surface area contributed by atoms with E-state index in [1.807, 2.05) is 12.1 Å². The van der Waals surface area contributed by atoms with Crippen molar-refractivity contribution in [2.24, 2.45) is 0 Å². The first-order valence-electron chi connectivity index (χ1n) is 2.46. The van der Waals surface area contributed by atoms with E-state index >= 15 is 0 Å². The van der Waals surface area contributed by atoms with Crippen LogP contribution >= 0.6 is 0 Å². The second kappa shape index (κ2) is 3.84. The Balaban J connectivity index is 0.000000640. The molecule has 0 aromatic carbocycles. The molecule has 0 fully saturated rings. The van der Waals surface area contributed by atoms with E-state index < -0.39 is 0 Å². The van der Waals surface area contributed by atoms with Crippen LogP contribution in [0.25, 0.3) is 6.08 Å². The summed E-state index contributed by atoms with van der Waals surface area (Å²) in [5, 5.41) is 0. The second-order valence-corrected chi connectivity index (χ2v) is 1.48. The van der Waals surface area contributed by atoms with Gasteiger partial charge in [-0.15, -0.1) is 0 Å². The average Bonchev–Trinajstić information content (AvgIpc) is 1.90. The summed E-state index contributed by atoms with van der Waals surface area (Å²) in [6.07, 6.45) is 5.29. The fourth-order valence-electron chi connectivity index (χ4n) is 0.500. The van der Waals surface area contributed by atoms with Gasteiger partial charge < -0.3 is 0 Å². The van der Waals surface area contributed by atoms with E-state index in [0.29, 0.717) is 0 Å². The van der Waals surface area contributed by atoms with Gasteiger partial charge in [0.1, 0.15) is 0 Å². The molecule has 0 atom stereocenters. The van der Waals surface area contributed by atoms with E-state index in [2.05, 4.69) is 11.6 Å². The van der Waals surface area contributed by atoms with Gasteiger partial charge in [-0.25, -0.2) is 0 Å². The van der Waals surface area contributed by atoms with E-state index in [9.17, 15) is 0 Å². The van der Waals surface area contributed by atoms with E-state index in [1.54, 1.807) is 18.5 Å². The molecule has 0 N–H and O–H groups in total. The molecule has 0 spiro atoms. The summed E-state index contributed by atoms with van der Waals surface area (Å²) in [7, 11) is 0. The van der Waals surface area contributed by atoms with Crippen LogP contribution in [0.4, 0.5) is 0 Å². The number of aromatic nitrogens is 1. The molecule has 0 aliphatic rings. The number of nitrogens with zero attached hydrogens (tertiary/aromatic N) is 1. The van der Waals surface area contributed by atoms with Crippen molar-refractivity contribution < 1.29 is 0 Å². The highest BCUT2D eigenvalue weighted by Gasteiger charge is 1.76. The summed E-state index contributed by atoms with van der Waals surface area (Å²) in [5.41, 5.74) is 1.11. The SMILES string of the molecule is C=Cc1ccncc1.[C]. The number of hydrogen-bond acceptors (Lipinski definition) is 1. The quantitative estimate of drug-likeness (QED) is 0.546. The van der Waals surface area contributed by atoms with E-state index in [-0.39, 0.29) is 7.43 Å². The molecular formula is C8H7N. The van der Waals surface area contributed by atoms with Gasteiger partial charge in [0.2, 0.25) is 0 Å². The van der Waals surface area contributed by atoms with Crippen LogP contribution in [0.3, 0.4) is 0 Å². The molecule has 9 heavy (non-hydrogen) atoms. The third-order valence-corrected chi connectivity index (χ3v) is 0.942. The van der Waals surface area contributed by atoms with Crippen LogP contribution < -0.4 is 0 Å². The number of pyridine rings is 1. The highest BCUT2D eigenvalue weighted by molar-refractivity contribution is 5.44. The van der Waals surface area contributed by atoms with Crippen LogP contribution in [0.15, 0.2) is 31.1 Å². The van der Waals surface area contributed by atoms with Gasteiger partial charge in [0.05, 0.1) is 0 Å². The summed E-state index contributed by atoms with van der Waals surface area (Å²) in [4.78, 5) is 3.85. The van der Waals surface area contributed by atoms with Gasteiger partial charge in [0.15, 0.2) is 0 Å². The van der Waals surface area contributed by atoms with Crippen molar-refractivity contribution in [2.75, 3.05) is 0 Å². The molecule has 4 radical (unpaired) electrons. The fourth-order valence-corrected chi connectivity index (χ4v) is 0.500. The lowest BCUT2D eigenvalue weighted by Crippen LogP contribution is -1.69. The second-order valence-electron chi connectivity index (χ2n) is 1.48. The lowest BCUT2D eigenvalue weighted by atomic mass is 10.3. The van der Waals surface area contributed by atoms with Crippen molar-refractivity contribution >= 4 is 6.08 Å². The first-order valence-corrected chi connectivity index (χ1v) is 2.46. The lowest BCUT2D eigenvalue weighted by molar-refractivity contribution is 1.32. The molecule has 0 bridgehead atoms. The van der Waals surface area contributed by atoms with Crippen molar-refractivity contribution in [1.82, 2.24) is 4.98 Å². The zero-order valence-corrected chi connectivity index (χ0v) is 5.04. The topological polar surface area (TPSA) is 12.9 Å². The third-order valence-electron chi connectivity index (χ3n) is 0.942. The van der Waals surface area contributed by atoms with Crippen LogP contribution in [-0.2, 0) is 0 Å². The molecule has 1 nitrogen and oxygen atoms in total. The molecule has 1 aromatic rings. The molecule has 0 amide bonds. The highest BCUT2D eigenvalue weighted by Crippen LogP contribution is 1.94. The van der Waals surface area contributed by atoms with Crippen molar-refractivity contribution in [2.45, 2.75) is 0 Å². The Hall–Kier alpha value is -1.11. The lowest BCUT2D eigenvalue weighted by Gasteiger charge is -1.84. The van der Waals surface area contributed by atoms with E-state index in [0.717, 1.165) is 5.56 Å². The zero-order valence-electron chi connectivity index (χ0n) is 5.04. The summed E-state index contributed by atoms with van der Waals surface area (Å²) < 4.78 is 0. The van der Waals surface area contributed by atoms with Crippen LogP contribution in [0, 0.1) is 7.43 Å². The van der Waals surface area contributed by atoms with Crippen molar-refractivity contribution in [1.29, 1.82) is 0 Å². The molecule has 0 aliphatic carbocycles. The predicted octanol–water partition coefficient (Wildman–Crippen LogP) is 1.81. The van der Waals surface area contributed by atoms with Crippen molar-refractivity contribution in [3.63, 3.8) is 0 Å². The average molecular weight is 117 g/mol. The van der Waals surface area contributed by atoms with Crippen molar-refractivity contribution in [3.05, 3.63) is 44.1 Å². The summed E-state index contributed by atoms with van der Waals surface area (Å²) >= 11 is 0. The maximum absolute atomic E-state index is 3.85. The van der Waals surface area contributed by atoms with Gasteiger partial charge in [-0.3, -0.25) is 4.98 Å². The molecule has 1 aromatic heterocycles. The maximum atomic E-state index is 3.85. The first kappa shape index (κ1) is 7.89. The minimum Gasteiger partial charge on any atom is -0.265 e. The molecule has 0 unspecified atom stereocenters. The Morgan fingerprint density at radius 1 is 1.33 bits per heavy atom. The summed E-state index contributed by atoms with van der Waals surface area (Å²) in [6, 6.07) is 3.82. The number of hydrogen-bond donors (Lipinski definition) is 0. The Morgan fingerprint density at radius 2 is 1.89 bits per heavy atom. The molecule has 0 saturated carbocycles. The summed E-state index contributed by atoms with van der Waals surface area (Å²) in [6.45, 7) is 3.60. The minimum absolute atomic E-state index is 0. The zero-order chi connectivity index (χ0) is 5.82. The van der Waals surface area contributed by atoms with Gasteiger partial charge >= 0.3 is 0 Å². The molecule has 1 rings (SSSR count). The van der Waals surface area contributed by atoms with Gasteiger partial charge in [-0.05, 0) is 17.7 Å². The summed E-state index contributed by atoms with van der Waals surface area (Å²) in [5.74, 6) is 0. The fraction of sp³-hybridized carbons (Fsp3) is 0. The molecule has 1 heteroatoms. The van der Waals surface area contributed by atoms with Crippen LogP contribution in [0.5, 0.6) is 0 Å². The minimum atomic E-state index is 0. The van der Waals surface area contributed by atoms with Gasteiger partial charge in [-0.2, -0.15) is 0 Å². The number of rotatable bonds is 1. The molecule has 44 valence electrons. The maximum Gasteiger partial charge on any atom is 0.0273 e. The Kier molecular flexibility index (Phi) is 3.37. The van der Waals surface area contributed by atoms with Gasteiger partial charge in [0.25, 0.3) is 0 Å². The Bertz CT molecular complexity index is 167.